The van der Waals surface area contributed by atoms with Gasteiger partial charge in [-0.15, -0.1) is 0 Å². The summed E-state index contributed by atoms with van der Waals surface area (Å²) >= 11 is 0. The standard InChI is InChI=1S/C19H15NO6/c21-19-12-9-16-17(23-5-1-4-22-16)10-13(12)20-18(26-19)11-2-3-14-15(8-11)25-7-6-24-14/h2-3,8-10H,1,4-7H2. The number of fused-ring (bicyclic) bond motifs is 3. The fourth-order valence-electron chi connectivity index (χ4n) is 3.03. The van der Waals surface area contributed by atoms with Gasteiger partial charge in [0, 0.05) is 24.1 Å². The summed E-state index contributed by atoms with van der Waals surface area (Å²) in [5.41, 5.74) is 0.659. The summed E-state index contributed by atoms with van der Waals surface area (Å²) in [5, 5.41) is 0.357. The highest BCUT2D eigenvalue weighted by Crippen LogP contribution is 2.36. The molecule has 0 unspecified atom stereocenters. The zero-order valence-electron chi connectivity index (χ0n) is 13.8. The van der Waals surface area contributed by atoms with E-state index >= 15 is 0 Å². The Labute approximate surface area is 148 Å². The van der Waals surface area contributed by atoms with Crippen LogP contribution < -0.4 is 24.6 Å². The molecular formula is C19H15NO6. The third-order valence-corrected chi connectivity index (χ3v) is 4.29. The van der Waals surface area contributed by atoms with E-state index in [9.17, 15) is 4.79 Å². The topological polar surface area (TPSA) is 80.0 Å². The number of aromatic nitrogens is 1. The monoisotopic (exact) mass is 353 g/mol. The average molecular weight is 353 g/mol. The SMILES string of the molecule is O=c1oc(-c2ccc3c(c2)OCCO3)nc2cc3c(cc12)OCCCO3. The van der Waals surface area contributed by atoms with E-state index in [1.54, 1.807) is 30.3 Å². The van der Waals surface area contributed by atoms with Gasteiger partial charge in [-0.25, -0.2) is 9.78 Å². The van der Waals surface area contributed by atoms with Crippen molar-refractivity contribution >= 4 is 10.9 Å². The summed E-state index contributed by atoms with van der Waals surface area (Å²) in [5.74, 6) is 2.61. The molecule has 0 atom stereocenters. The molecule has 2 aromatic carbocycles. The second-order valence-electron chi connectivity index (χ2n) is 6.03. The van der Waals surface area contributed by atoms with Crippen LogP contribution in [0.5, 0.6) is 23.0 Å². The molecule has 0 saturated heterocycles. The Hall–Kier alpha value is -3.22. The van der Waals surface area contributed by atoms with Gasteiger partial charge in [-0.3, -0.25) is 0 Å². The minimum atomic E-state index is -0.476. The molecule has 5 rings (SSSR count). The van der Waals surface area contributed by atoms with Crippen LogP contribution in [-0.2, 0) is 0 Å². The van der Waals surface area contributed by atoms with Crippen LogP contribution in [-0.4, -0.2) is 31.4 Å². The van der Waals surface area contributed by atoms with Crippen molar-refractivity contribution < 1.29 is 23.4 Å². The van der Waals surface area contributed by atoms with E-state index in [2.05, 4.69) is 4.98 Å². The van der Waals surface area contributed by atoms with Crippen molar-refractivity contribution in [1.82, 2.24) is 4.98 Å². The van der Waals surface area contributed by atoms with Gasteiger partial charge in [0.1, 0.15) is 13.2 Å². The first-order chi connectivity index (χ1) is 12.8. The smallest absolute Gasteiger partial charge is 0.347 e. The van der Waals surface area contributed by atoms with Gasteiger partial charge in [0.05, 0.1) is 24.1 Å². The van der Waals surface area contributed by atoms with Crippen molar-refractivity contribution in [2.45, 2.75) is 6.42 Å². The Bertz CT molecular complexity index is 1060. The lowest BCUT2D eigenvalue weighted by Gasteiger charge is -2.18. The van der Waals surface area contributed by atoms with Crippen molar-refractivity contribution in [2.75, 3.05) is 26.4 Å². The first kappa shape index (κ1) is 15.1. The van der Waals surface area contributed by atoms with Crippen LogP contribution in [0.4, 0.5) is 0 Å². The lowest BCUT2D eigenvalue weighted by Crippen LogP contribution is -2.15. The number of benzene rings is 2. The summed E-state index contributed by atoms with van der Waals surface area (Å²) in [6.45, 7) is 2.11. The van der Waals surface area contributed by atoms with Gasteiger partial charge >= 0.3 is 5.63 Å². The van der Waals surface area contributed by atoms with Crippen LogP contribution in [0, 0.1) is 0 Å². The van der Waals surface area contributed by atoms with Crippen LogP contribution >= 0.6 is 0 Å². The van der Waals surface area contributed by atoms with Gasteiger partial charge in [0.25, 0.3) is 0 Å². The van der Waals surface area contributed by atoms with Crippen molar-refractivity contribution in [3.8, 4) is 34.5 Å². The van der Waals surface area contributed by atoms with E-state index < -0.39 is 5.63 Å². The predicted molar refractivity (Wildman–Crippen MR) is 92.3 cm³/mol. The van der Waals surface area contributed by atoms with Crippen molar-refractivity contribution in [1.29, 1.82) is 0 Å². The molecule has 3 aromatic rings. The fourth-order valence-corrected chi connectivity index (χ4v) is 3.03. The predicted octanol–water partition coefficient (Wildman–Crippen LogP) is 2.79. The number of ether oxygens (including phenoxy) is 4. The van der Waals surface area contributed by atoms with Crippen LogP contribution in [0.3, 0.4) is 0 Å². The zero-order valence-corrected chi connectivity index (χ0v) is 13.8. The fraction of sp³-hybridized carbons (Fsp3) is 0.263. The first-order valence-electron chi connectivity index (χ1n) is 8.42. The summed E-state index contributed by atoms with van der Waals surface area (Å²) in [7, 11) is 0. The molecule has 0 fully saturated rings. The van der Waals surface area contributed by atoms with E-state index in [4.69, 9.17) is 23.4 Å². The van der Waals surface area contributed by atoms with Gasteiger partial charge in [-0.1, -0.05) is 0 Å². The molecule has 3 heterocycles. The minimum absolute atomic E-state index is 0.217. The van der Waals surface area contributed by atoms with Crippen molar-refractivity contribution in [3.05, 3.63) is 40.8 Å². The van der Waals surface area contributed by atoms with Gasteiger partial charge in [0.2, 0.25) is 5.89 Å². The van der Waals surface area contributed by atoms with Crippen molar-refractivity contribution in [3.63, 3.8) is 0 Å². The van der Waals surface area contributed by atoms with Crippen LogP contribution in [0.1, 0.15) is 6.42 Å². The summed E-state index contributed by atoms with van der Waals surface area (Å²) in [4.78, 5) is 17.0. The molecule has 1 aromatic heterocycles. The van der Waals surface area contributed by atoms with Gasteiger partial charge in [-0.05, 0) is 18.2 Å². The molecule has 0 saturated carbocycles. The second kappa shape index (κ2) is 5.94. The largest absolute Gasteiger partial charge is 0.490 e. The molecule has 26 heavy (non-hydrogen) atoms. The second-order valence-corrected chi connectivity index (χ2v) is 6.03. The lowest BCUT2D eigenvalue weighted by atomic mass is 10.1. The Balaban J connectivity index is 1.64. The molecule has 2 aliphatic heterocycles. The molecule has 0 N–H and O–H groups in total. The number of hydrogen-bond donors (Lipinski definition) is 0. The Morgan fingerprint density at radius 2 is 1.46 bits per heavy atom. The normalized spacial score (nSPS) is 15.5. The highest BCUT2D eigenvalue weighted by Gasteiger charge is 2.18. The molecule has 0 aliphatic carbocycles. The van der Waals surface area contributed by atoms with Crippen LogP contribution in [0.2, 0.25) is 0 Å². The molecule has 0 amide bonds. The number of hydrogen-bond acceptors (Lipinski definition) is 7. The summed E-state index contributed by atoms with van der Waals surface area (Å²) in [6.07, 6.45) is 0.787. The maximum Gasteiger partial charge on any atom is 0.347 e. The zero-order chi connectivity index (χ0) is 17.5. The molecule has 2 aliphatic rings. The molecule has 0 bridgehead atoms. The highest BCUT2D eigenvalue weighted by molar-refractivity contribution is 5.82. The average Bonchev–Trinajstić information content (AvgIpc) is 2.91. The molecular weight excluding hydrogens is 338 g/mol. The van der Waals surface area contributed by atoms with E-state index in [-0.39, 0.29) is 5.89 Å². The third kappa shape index (κ3) is 2.52. The van der Waals surface area contributed by atoms with E-state index in [0.29, 0.717) is 65.9 Å². The van der Waals surface area contributed by atoms with Crippen LogP contribution in [0.15, 0.2) is 39.5 Å². The summed E-state index contributed by atoms with van der Waals surface area (Å²) in [6, 6.07) is 8.67. The minimum Gasteiger partial charge on any atom is -0.490 e. The molecule has 0 radical (unpaired) electrons. The van der Waals surface area contributed by atoms with Gasteiger partial charge in [-0.2, -0.15) is 0 Å². The number of nitrogens with zero attached hydrogens (tertiary/aromatic N) is 1. The highest BCUT2D eigenvalue weighted by atomic mass is 16.6. The van der Waals surface area contributed by atoms with Gasteiger partial charge in [0.15, 0.2) is 23.0 Å². The van der Waals surface area contributed by atoms with E-state index in [1.165, 1.54) is 0 Å². The summed E-state index contributed by atoms with van der Waals surface area (Å²) < 4.78 is 27.8. The first-order valence-corrected chi connectivity index (χ1v) is 8.42. The quantitative estimate of drug-likeness (QED) is 0.665. The maximum atomic E-state index is 12.5. The maximum absolute atomic E-state index is 12.5. The number of rotatable bonds is 1. The molecule has 7 nitrogen and oxygen atoms in total. The third-order valence-electron chi connectivity index (χ3n) is 4.29. The molecule has 132 valence electrons. The Morgan fingerprint density at radius 1 is 0.769 bits per heavy atom. The van der Waals surface area contributed by atoms with E-state index in [0.717, 1.165) is 6.42 Å². The Kier molecular flexibility index (Phi) is 3.44. The van der Waals surface area contributed by atoms with Gasteiger partial charge < -0.3 is 23.4 Å². The lowest BCUT2D eigenvalue weighted by molar-refractivity contribution is 0.171. The van der Waals surface area contributed by atoms with E-state index in [1.807, 2.05) is 0 Å². The Morgan fingerprint density at radius 3 is 2.31 bits per heavy atom. The van der Waals surface area contributed by atoms with Crippen molar-refractivity contribution in [2.24, 2.45) is 0 Å². The molecule has 0 spiro atoms. The molecule has 7 heteroatoms. The van der Waals surface area contributed by atoms with Crippen LogP contribution in [0.25, 0.3) is 22.4 Å².